The summed E-state index contributed by atoms with van der Waals surface area (Å²) in [5, 5.41) is 12.3. The zero-order chi connectivity index (χ0) is 12.1. The number of carbonyl (C=O) groups is 1. The Kier molecular flexibility index (Phi) is 4.85. The molecule has 0 aliphatic heterocycles. The molecule has 0 fully saturated rings. The van der Waals surface area contributed by atoms with Crippen LogP contribution in [0.15, 0.2) is 0 Å². The first-order valence-electron chi connectivity index (χ1n) is 4.95. The van der Waals surface area contributed by atoms with Crippen molar-refractivity contribution in [2.45, 2.75) is 26.5 Å². The first kappa shape index (κ1) is 13.1. The third kappa shape index (κ3) is 3.26. The molecule has 1 amide bonds. The number of hydrogen-bond donors (Lipinski definition) is 2. The Morgan fingerprint density at radius 3 is 2.94 bits per heavy atom. The third-order valence-corrected chi connectivity index (χ3v) is 3.10. The van der Waals surface area contributed by atoms with Crippen LogP contribution in [-0.4, -0.2) is 35.8 Å². The number of hydrogen-bond acceptors (Lipinski definition) is 5. The van der Waals surface area contributed by atoms with Gasteiger partial charge in [-0.2, -0.15) is 0 Å². The highest BCUT2D eigenvalue weighted by atomic mass is 32.1. The highest BCUT2D eigenvalue weighted by molar-refractivity contribution is 7.13. The molecular formula is C10H16N2O3S. The molecule has 0 saturated heterocycles. The molecule has 5 nitrogen and oxygen atoms in total. The van der Waals surface area contributed by atoms with Gasteiger partial charge < -0.3 is 15.2 Å². The maximum atomic E-state index is 11.8. The fourth-order valence-corrected chi connectivity index (χ4v) is 2.12. The number of ether oxygens (including phenoxy) is 1. The van der Waals surface area contributed by atoms with Crippen molar-refractivity contribution in [3.63, 3.8) is 0 Å². The normalized spacial score (nSPS) is 12.5. The fraction of sp³-hybridized carbons (Fsp3) is 0.600. The molecule has 0 radical (unpaired) electrons. The van der Waals surface area contributed by atoms with E-state index in [1.165, 1.54) is 11.3 Å². The van der Waals surface area contributed by atoms with E-state index in [4.69, 9.17) is 9.84 Å². The van der Waals surface area contributed by atoms with Crippen LogP contribution in [0.3, 0.4) is 0 Å². The lowest BCUT2D eigenvalue weighted by molar-refractivity contribution is 0.0925. The third-order valence-electron chi connectivity index (χ3n) is 1.97. The molecule has 0 spiro atoms. The van der Waals surface area contributed by atoms with E-state index in [2.05, 4.69) is 10.3 Å². The molecular weight excluding hydrogens is 228 g/mol. The first-order valence-corrected chi connectivity index (χ1v) is 5.77. The number of rotatable bonds is 5. The standard InChI is InChI=1S/C10H16N2O3S/c1-6(4-13)11-10(14)9-7(2)12-8(16-9)5-15-3/h6,13H,4-5H2,1-3H3,(H,11,14). The minimum absolute atomic E-state index is 0.0749. The van der Waals surface area contributed by atoms with E-state index in [9.17, 15) is 4.79 Å². The minimum atomic E-state index is -0.250. The van der Waals surface area contributed by atoms with Crippen molar-refractivity contribution in [1.82, 2.24) is 10.3 Å². The Morgan fingerprint density at radius 1 is 1.69 bits per heavy atom. The Bertz CT molecular complexity index is 365. The Morgan fingerprint density at radius 2 is 2.38 bits per heavy atom. The van der Waals surface area contributed by atoms with E-state index in [0.717, 1.165) is 5.01 Å². The maximum absolute atomic E-state index is 11.8. The Hall–Kier alpha value is -0.980. The van der Waals surface area contributed by atoms with Crippen LogP contribution in [0.1, 0.15) is 27.3 Å². The second-order valence-electron chi connectivity index (χ2n) is 3.51. The lowest BCUT2D eigenvalue weighted by Gasteiger charge is -2.09. The average Bonchev–Trinajstić information content (AvgIpc) is 2.60. The lowest BCUT2D eigenvalue weighted by atomic mass is 10.3. The van der Waals surface area contributed by atoms with Gasteiger partial charge in [0.25, 0.3) is 5.91 Å². The Balaban J connectivity index is 2.75. The molecule has 90 valence electrons. The molecule has 1 heterocycles. The molecule has 0 aromatic carbocycles. The van der Waals surface area contributed by atoms with Gasteiger partial charge in [0.15, 0.2) is 0 Å². The zero-order valence-electron chi connectivity index (χ0n) is 9.61. The van der Waals surface area contributed by atoms with Gasteiger partial charge in [-0.15, -0.1) is 11.3 Å². The van der Waals surface area contributed by atoms with Crippen LogP contribution in [0.2, 0.25) is 0 Å². The highest BCUT2D eigenvalue weighted by Crippen LogP contribution is 2.18. The van der Waals surface area contributed by atoms with Crippen LogP contribution in [0.4, 0.5) is 0 Å². The summed E-state index contributed by atoms with van der Waals surface area (Å²) in [6, 6.07) is -0.250. The van der Waals surface area contributed by atoms with Gasteiger partial charge in [-0.1, -0.05) is 0 Å². The number of nitrogens with one attached hydrogen (secondary N) is 1. The van der Waals surface area contributed by atoms with E-state index in [1.807, 2.05) is 0 Å². The molecule has 0 aliphatic rings. The number of aliphatic hydroxyl groups excluding tert-OH is 1. The van der Waals surface area contributed by atoms with Crippen LogP contribution >= 0.6 is 11.3 Å². The molecule has 1 unspecified atom stereocenters. The van der Waals surface area contributed by atoms with E-state index in [-0.39, 0.29) is 18.6 Å². The van der Waals surface area contributed by atoms with Crippen LogP contribution in [0, 0.1) is 6.92 Å². The molecule has 2 N–H and O–H groups in total. The van der Waals surface area contributed by atoms with Gasteiger partial charge >= 0.3 is 0 Å². The SMILES string of the molecule is COCc1nc(C)c(C(=O)NC(C)CO)s1. The maximum Gasteiger partial charge on any atom is 0.263 e. The first-order chi connectivity index (χ1) is 7.58. The van der Waals surface area contributed by atoms with Gasteiger partial charge in [0, 0.05) is 13.2 Å². The smallest absolute Gasteiger partial charge is 0.263 e. The summed E-state index contributed by atoms with van der Waals surface area (Å²) in [5.74, 6) is -0.195. The van der Waals surface area contributed by atoms with Crippen LogP contribution < -0.4 is 5.32 Å². The lowest BCUT2D eigenvalue weighted by Crippen LogP contribution is -2.34. The predicted octanol–water partition coefficient (Wildman–Crippen LogP) is 0.709. The second-order valence-corrected chi connectivity index (χ2v) is 4.60. The van der Waals surface area contributed by atoms with Gasteiger partial charge in [-0.3, -0.25) is 4.79 Å². The summed E-state index contributed by atoms with van der Waals surface area (Å²) in [6.45, 7) is 3.86. The average molecular weight is 244 g/mol. The molecule has 0 bridgehead atoms. The molecule has 16 heavy (non-hydrogen) atoms. The van der Waals surface area contributed by atoms with E-state index < -0.39 is 0 Å². The van der Waals surface area contributed by atoms with Gasteiger partial charge in [-0.25, -0.2) is 4.98 Å². The fourth-order valence-electron chi connectivity index (χ4n) is 1.18. The van der Waals surface area contributed by atoms with Crippen LogP contribution in [0.5, 0.6) is 0 Å². The van der Waals surface area contributed by atoms with Gasteiger partial charge in [0.2, 0.25) is 0 Å². The number of aryl methyl sites for hydroxylation is 1. The summed E-state index contributed by atoms with van der Waals surface area (Å²) in [4.78, 5) is 16.6. The minimum Gasteiger partial charge on any atom is -0.394 e. The molecule has 1 atom stereocenters. The van der Waals surface area contributed by atoms with Crippen molar-refractivity contribution in [1.29, 1.82) is 0 Å². The predicted molar refractivity (Wildman–Crippen MR) is 61.6 cm³/mol. The molecule has 1 aromatic heterocycles. The molecule has 0 aliphatic carbocycles. The number of nitrogens with zero attached hydrogens (tertiary/aromatic N) is 1. The van der Waals surface area contributed by atoms with E-state index in [0.29, 0.717) is 17.2 Å². The number of carbonyl (C=O) groups excluding carboxylic acids is 1. The number of thiazole rings is 1. The molecule has 0 saturated carbocycles. The number of methoxy groups -OCH3 is 1. The molecule has 1 rings (SSSR count). The van der Waals surface area contributed by atoms with Crippen LogP contribution in [-0.2, 0) is 11.3 Å². The van der Waals surface area contributed by atoms with Crippen molar-refractivity contribution < 1.29 is 14.6 Å². The number of aromatic nitrogens is 1. The summed E-state index contributed by atoms with van der Waals surface area (Å²) in [5.41, 5.74) is 0.694. The summed E-state index contributed by atoms with van der Waals surface area (Å²) < 4.78 is 4.95. The summed E-state index contributed by atoms with van der Waals surface area (Å²) in [7, 11) is 1.59. The van der Waals surface area contributed by atoms with Gasteiger partial charge in [-0.05, 0) is 13.8 Å². The Labute approximate surface area is 98.5 Å². The number of aliphatic hydroxyl groups is 1. The zero-order valence-corrected chi connectivity index (χ0v) is 10.4. The monoisotopic (exact) mass is 244 g/mol. The van der Waals surface area contributed by atoms with Crippen molar-refractivity contribution in [2.24, 2.45) is 0 Å². The molecule has 1 aromatic rings. The van der Waals surface area contributed by atoms with Crippen molar-refractivity contribution in [2.75, 3.05) is 13.7 Å². The molecule has 6 heteroatoms. The van der Waals surface area contributed by atoms with Gasteiger partial charge in [0.1, 0.15) is 9.88 Å². The summed E-state index contributed by atoms with van der Waals surface area (Å²) >= 11 is 1.31. The van der Waals surface area contributed by atoms with Gasteiger partial charge in [0.05, 0.1) is 18.9 Å². The van der Waals surface area contributed by atoms with Crippen molar-refractivity contribution >= 4 is 17.2 Å². The van der Waals surface area contributed by atoms with Crippen molar-refractivity contribution in [3.8, 4) is 0 Å². The topological polar surface area (TPSA) is 71.5 Å². The summed E-state index contributed by atoms with van der Waals surface area (Å²) in [6.07, 6.45) is 0. The van der Waals surface area contributed by atoms with E-state index in [1.54, 1.807) is 21.0 Å². The number of amides is 1. The van der Waals surface area contributed by atoms with Crippen molar-refractivity contribution in [3.05, 3.63) is 15.6 Å². The van der Waals surface area contributed by atoms with E-state index >= 15 is 0 Å². The largest absolute Gasteiger partial charge is 0.394 e. The van der Waals surface area contributed by atoms with Crippen LogP contribution in [0.25, 0.3) is 0 Å². The second kappa shape index (κ2) is 5.93. The highest BCUT2D eigenvalue weighted by Gasteiger charge is 2.16. The quantitative estimate of drug-likeness (QED) is 0.800.